The molecule has 0 saturated carbocycles. The van der Waals surface area contributed by atoms with Crippen LogP contribution in [-0.2, 0) is 6.18 Å². The van der Waals surface area contributed by atoms with Crippen molar-refractivity contribution in [3.63, 3.8) is 0 Å². The number of para-hydroxylation sites is 2. The van der Waals surface area contributed by atoms with Crippen LogP contribution in [0.25, 0.3) is 0 Å². The monoisotopic (exact) mass is 354 g/mol. The molecule has 2 amide bonds. The van der Waals surface area contributed by atoms with E-state index in [1.165, 1.54) is 12.1 Å². The van der Waals surface area contributed by atoms with Gasteiger partial charge in [-0.1, -0.05) is 12.1 Å². The molecule has 2 N–H and O–H groups in total. The molecule has 0 aliphatic rings. The quantitative estimate of drug-likeness (QED) is 0.762. The van der Waals surface area contributed by atoms with Crippen molar-refractivity contribution >= 4 is 11.7 Å². The molecule has 0 saturated heterocycles. The molecule has 0 fully saturated rings. The molecule has 0 bridgehead atoms. The third kappa shape index (κ3) is 5.59. The van der Waals surface area contributed by atoms with Crippen LogP contribution in [0.2, 0.25) is 0 Å². The van der Waals surface area contributed by atoms with Gasteiger partial charge in [0.05, 0.1) is 12.2 Å². The Hall–Kier alpha value is -2.90. The molecule has 0 unspecified atom stereocenters. The van der Waals surface area contributed by atoms with E-state index in [9.17, 15) is 18.0 Å². The van der Waals surface area contributed by atoms with Crippen molar-refractivity contribution in [2.75, 3.05) is 18.7 Å². The van der Waals surface area contributed by atoms with E-state index in [-0.39, 0.29) is 12.4 Å². The number of halogens is 3. The molecule has 0 spiro atoms. The lowest BCUT2D eigenvalue weighted by molar-refractivity contribution is -0.137. The van der Waals surface area contributed by atoms with Gasteiger partial charge in [0.15, 0.2) is 18.2 Å². The largest absolute Gasteiger partial charge is 0.490 e. The maximum Gasteiger partial charge on any atom is 0.416 e. The van der Waals surface area contributed by atoms with Crippen molar-refractivity contribution in [2.45, 2.75) is 13.1 Å². The molecule has 0 aliphatic carbocycles. The molecule has 0 atom stereocenters. The van der Waals surface area contributed by atoms with Crippen LogP contribution in [0.1, 0.15) is 12.5 Å². The molecule has 0 heterocycles. The van der Waals surface area contributed by atoms with E-state index < -0.39 is 17.8 Å². The molecule has 0 aromatic heterocycles. The summed E-state index contributed by atoms with van der Waals surface area (Å²) in [6.07, 6.45) is -4.41. The van der Waals surface area contributed by atoms with Gasteiger partial charge in [-0.25, -0.2) is 4.79 Å². The summed E-state index contributed by atoms with van der Waals surface area (Å²) in [6.45, 7) is 2.19. The summed E-state index contributed by atoms with van der Waals surface area (Å²) >= 11 is 0. The molecule has 2 rings (SSSR count). The van der Waals surface area contributed by atoms with E-state index in [4.69, 9.17) is 9.47 Å². The van der Waals surface area contributed by atoms with Gasteiger partial charge in [-0.15, -0.1) is 0 Å². The maximum atomic E-state index is 12.5. The molecule has 0 radical (unpaired) electrons. The minimum absolute atomic E-state index is 0.128. The highest BCUT2D eigenvalue weighted by Gasteiger charge is 2.29. The van der Waals surface area contributed by atoms with Gasteiger partial charge in [0.2, 0.25) is 0 Å². The smallest absolute Gasteiger partial charge is 0.416 e. The van der Waals surface area contributed by atoms with Crippen molar-refractivity contribution in [1.82, 2.24) is 5.32 Å². The maximum absolute atomic E-state index is 12.5. The molecule has 5 nitrogen and oxygen atoms in total. The van der Waals surface area contributed by atoms with Crippen molar-refractivity contribution in [2.24, 2.45) is 0 Å². The molecular weight excluding hydrogens is 337 g/mol. The fourth-order valence-corrected chi connectivity index (χ4v) is 1.94. The standard InChI is InChI=1S/C17H17F3N2O3/c1-2-24-14-5-3-4-6-15(14)25-11-21-16(23)22-13-9-7-12(8-10-13)17(18,19)20/h3-10H,2,11H2,1H3,(H2,21,22,23). The molecule has 2 aromatic rings. The first-order chi connectivity index (χ1) is 11.9. The normalized spacial score (nSPS) is 10.9. The molecule has 134 valence electrons. The van der Waals surface area contributed by atoms with Crippen LogP contribution < -0.4 is 20.1 Å². The Morgan fingerprint density at radius 1 is 1.00 bits per heavy atom. The highest BCUT2D eigenvalue weighted by atomic mass is 19.4. The Labute approximate surface area is 142 Å². The number of alkyl halides is 3. The third-order valence-electron chi connectivity index (χ3n) is 3.08. The summed E-state index contributed by atoms with van der Waals surface area (Å²) in [5.41, 5.74) is -0.547. The van der Waals surface area contributed by atoms with Crippen molar-refractivity contribution < 1.29 is 27.4 Å². The third-order valence-corrected chi connectivity index (χ3v) is 3.08. The second-order valence-electron chi connectivity index (χ2n) is 4.87. The minimum atomic E-state index is -4.41. The fourth-order valence-electron chi connectivity index (χ4n) is 1.94. The molecule has 0 aliphatic heterocycles. The zero-order chi connectivity index (χ0) is 18.3. The van der Waals surface area contributed by atoms with E-state index in [0.29, 0.717) is 18.1 Å². The van der Waals surface area contributed by atoms with Crippen LogP contribution in [0.5, 0.6) is 11.5 Å². The van der Waals surface area contributed by atoms with Gasteiger partial charge in [0, 0.05) is 5.69 Å². The number of hydrogen-bond donors (Lipinski definition) is 2. The number of ether oxygens (including phenoxy) is 2. The topological polar surface area (TPSA) is 59.6 Å². The minimum Gasteiger partial charge on any atom is -0.490 e. The van der Waals surface area contributed by atoms with E-state index in [1.807, 2.05) is 6.92 Å². The van der Waals surface area contributed by atoms with Crippen LogP contribution in [-0.4, -0.2) is 19.4 Å². The van der Waals surface area contributed by atoms with Crippen molar-refractivity contribution in [1.29, 1.82) is 0 Å². The van der Waals surface area contributed by atoms with Gasteiger partial charge in [0.1, 0.15) is 0 Å². The predicted molar refractivity (Wildman–Crippen MR) is 86.7 cm³/mol. The van der Waals surface area contributed by atoms with Crippen LogP contribution in [0.3, 0.4) is 0 Å². The van der Waals surface area contributed by atoms with E-state index in [0.717, 1.165) is 12.1 Å². The zero-order valence-electron chi connectivity index (χ0n) is 13.4. The van der Waals surface area contributed by atoms with Gasteiger partial charge in [0.25, 0.3) is 0 Å². The molecular formula is C17H17F3N2O3. The molecule has 2 aromatic carbocycles. The fraction of sp³-hybridized carbons (Fsp3) is 0.235. The number of carbonyl (C=O) groups excluding carboxylic acids is 1. The van der Waals surface area contributed by atoms with Crippen molar-refractivity contribution in [3.05, 3.63) is 54.1 Å². The Morgan fingerprint density at radius 2 is 1.60 bits per heavy atom. The molecule has 8 heteroatoms. The van der Waals surface area contributed by atoms with E-state index >= 15 is 0 Å². The van der Waals surface area contributed by atoms with Crippen molar-refractivity contribution in [3.8, 4) is 11.5 Å². The zero-order valence-corrected chi connectivity index (χ0v) is 13.4. The number of benzene rings is 2. The lowest BCUT2D eigenvalue weighted by atomic mass is 10.2. The summed E-state index contributed by atoms with van der Waals surface area (Å²) < 4.78 is 48.2. The van der Waals surface area contributed by atoms with Gasteiger partial charge in [-0.2, -0.15) is 13.2 Å². The van der Waals surface area contributed by atoms with Gasteiger partial charge in [-0.05, 0) is 43.3 Å². The Bertz CT molecular complexity index is 703. The van der Waals surface area contributed by atoms with Crippen LogP contribution >= 0.6 is 0 Å². The van der Waals surface area contributed by atoms with Crippen LogP contribution in [0, 0.1) is 0 Å². The number of nitrogens with one attached hydrogen (secondary N) is 2. The first-order valence-electron chi connectivity index (χ1n) is 7.47. The van der Waals surface area contributed by atoms with E-state index in [1.54, 1.807) is 24.3 Å². The van der Waals surface area contributed by atoms with Crippen LogP contribution in [0.15, 0.2) is 48.5 Å². The second kappa shape index (κ2) is 8.27. The van der Waals surface area contributed by atoms with Gasteiger partial charge < -0.3 is 20.1 Å². The number of anilines is 1. The number of hydrogen-bond acceptors (Lipinski definition) is 3. The average molecular weight is 354 g/mol. The van der Waals surface area contributed by atoms with Gasteiger partial charge in [-0.3, -0.25) is 0 Å². The number of rotatable bonds is 6. The Kier molecular flexibility index (Phi) is 6.10. The highest BCUT2D eigenvalue weighted by Crippen LogP contribution is 2.29. The van der Waals surface area contributed by atoms with Crippen LogP contribution in [0.4, 0.5) is 23.7 Å². The lowest BCUT2D eigenvalue weighted by Gasteiger charge is -2.13. The average Bonchev–Trinajstić information content (AvgIpc) is 2.56. The van der Waals surface area contributed by atoms with E-state index in [2.05, 4.69) is 10.6 Å². The SMILES string of the molecule is CCOc1ccccc1OCNC(=O)Nc1ccc(C(F)(F)F)cc1. The summed E-state index contributed by atoms with van der Waals surface area (Å²) in [5, 5.41) is 4.86. The summed E-state index contributed by atoms with van der Waals surface area (Å²) in [4.78, 5) is 11.7. The first-order valence-corrected chi connectivity index (χ1v) is 7.47. The molecule has 25 heavy (non-hydrogen) atoms. The Balaban J connectivity index is 1.83. The predicted octanol–water partition coefficient (Wildman–Crippen LogP) is 4.26. The summed E-state index contributed by atoms with van der Waals surface area (Å²) in [5.74, 6) is 1.02. The lowest BCUT2D eigenvalue weighted by Crippen LogP contribution is -2.32. The first kappa shape index (κ1) is 18.4. The summed E-state index contributed by atoms with van der Waals surface area (Å²) in [6, 6.07) is 10.5. The Morgan fingerprint density at radius 3 is 2.16 bits per heavy atom. The second-order valence-corrected chi connectivity index (χ2v) is 4.87. The number of urea groups is 1. The number of carbonyl (C=O) groups is 1. The van der Waals surface area contributed by atoms with Gasteiger partial charge >= 0.3 is 12.2 Å². The summed E-state index contributed by atoms with van der Waals surface area (Å²) in [7, 11) is 0. The highest BCUT2D eigenvalue weighted by molar-refractivity contribution is 5.89. The number of amides is 2.